The summed E-state index contributed by atoms with van der Waals surface area (Å²) in [7, 11) is 0. The molecular weight excluding hydrogens is 334 g/mol. The molecular formula is C12H11BrClN3S. The van der Waals surface area contributed by atoms with Gasteiger partial charge in [0.05, 0.1) is 9.50 Å². The Labute approximate surface area is 124 Å². The SMILES string of the molecule is CCNc1ncnc(Sc2ccccc2Cl)c1Br. The van der Waals surface area contributed by atoms with E-state index in [2.05, 4.69) is 31.2 Å². The van der Waals surface area contributed by atoms with Crippen LogP contribution < -0.4 is 5.32 Å². The van der Waals surface area contributed by atoms with Crippen molar-refractivity contribution in [1.82, 2.24) is 9.97 Å². The molecule has 1 N–H and O–H groups in total. The van der Waals surface area contributed by atoms with E-state index < -0.39 is 0 Å². The van der Waals surface area contributed by atoms with Crippen LogP contribution in [0.3, 0.4) is 0 Å². The molecule has 0 aliphatic heterocycles. The molecule has 2 aromatic rings. The first-order valence-corrected chi connectivity index (χ1v) is 7.38. The summed E-state index contributed by atoms with van der Waals surface area (Å²) in [5, 5.41) is 4.73. The van der Waals surface area contributed by atoms with E-state index in [1.807, 2.05) is 31.2 Å². The maximum Gasteiger partial charge on any atom is 0.144 e. The van der Waals surface area contributed by atoms with Crippen molar-refractivity contribution in [1.29, 1.82) is 0 Å². The standard InChI is InChI=1S/C12H11BrClN3S/c1-2-15-11-10(13)12(17-7-16-11)18-9-6-4-3-5-8(9)14/h3-7H,2H2,1H3,(H,15,16,17). The van der Waals surface area contributed by atoms with E-state index in [1.165, 1.54) is 11.8 Å². The maximum absolute atomic E-state index is 6.13. The average molecular weight is 345 g/mol. The summed E-state index contributed by atoms with van der Waals surface area (Å²) < 4.78 is 0.858. The second-order valence-corrected chi connectivity index (χ2v) is 5.64. The zero-order valence-electron chi connectivity index (χ0n) is 9.65. The molecule has 0 radical (unpaired) electrons. The van der Waals surface area contributed by atoms with Gasteiger partial charge in [-0.3, -0.25) is 0 Å². The molecule has 0 atom stereocenters. The summed E-state index contributed by atoms with van der Waals surface area (Å²) in [6, 6.07) is 7.69. The molecule has 0 aliphatic carbocycles. The summed E-state index contributed by atoms with van der Waals surface area (Å²) in [6.07, 6.45) is 1.54. The molecule has 1 aromatic carbocycles. The van der Waals surface area contributed by atoms with Crippen molar-refractivity contribution in [2.45, 2.75) is 16.8 Å². The molecule has 1 aromatic heterocycles. The molecule has 94 valence electrons. The smallest absolute Gasteiger partial charge is 0.144 e. The molecule has 6 heteroatoms. The van der Waals surface area contributed by atoms with E-state index in [9.17, 15) is 0 Å². The number of rotatable bonds is 4. The van der Waals surface area contributed by atoms with Crippen LogP contribution >= 0.6 is 39.3 Å². The molecule has 0 saturated carbocycles. The molecule has 3 nitrogen and oxygen atoms in total. The molecule has 18 heavy (non-hydrogen) atoms. The summed E-state index contributed by atoms with van der Waals surface area (Å²) >= 11 is 11.2. The fourth-order valence-electron chi connectivity index (χ4n) is 1.35. The molecule has 0 amide bonds. The Balaban J connectivity index is 2.30. The third-order valence-corrected chi connectivity index (χ3v) is 4.68. The van der Waals surface area contributed by atoms with Gasteiger partial charge in [0.1, 0.15) is 17.2 Å². The Bertz CT molecular complexity index is 551. The van der Waals surface area contributed by atoms with Crippen LogP contribution in [0.25, 0.3) is 0 Å². The van der Waals surface area contributed by atoms with Crippen LogP contribution in [-0.4, -0.2) is 16.5 Å². The van der Waals surface area contributed by atoms with E-state index in [1.54, 1.807) is 6.33 Å². The predicted octanol–water partition coefficient (Wildman–Crippen LogP) is 4.48. The number of halogens is 2. The number of hydrogen-bond acceptors (Lipinski definition) is 4. The van der Waals surface area contributed by atoms with Crippen molar-refractivity contribution in [3.05, 3.63) is 40.1 Å². The minimum atomic E-state index is 0.720. The van der Waals surface area contributed by atoms with Gasteiger partial charge in [0.2, 0.25) is 0 Å². The van der Waals surface area contributed by atoms with E-state index in [4.69, 9.17) is 11.6 Å². The van der Waals surface area contributed by atoms with E-state index in [0.29, 0.717) is 0 Å². The third-order valence-electron chi connectivity index (χ3n) is 2.15. The van der Waals surface area contributed by atoms with Gasteiger partial charge in [-0.2, -0.15) is 0 Å². The number of benzene rings is 1. The topological polar surface area (TPSA) is 37.8 Å². The molecule has 2 rings (SSSR count). The van der Waals surface area contributed by atoms with Crippen molar-refractivity contribution in [3.8, 4) is 0 Å². The fourth-order valence-corrected chi connectivity index (χ4v) is 2.99. The Morgan fingerprint density at radius 3 is 2.83 bits per heavy atom. The summed E-state index contributed by atoms with van der Waals surface area (Å²) in [4.78, 5) is 9.41. The molecule has 0 saturated heterocycles. The lowest BCUT2D eigenvalue weighted by Gasteiger charge is -2.09. The molecule has 0 aliphatic rings. The Morgan fingerprint density at radius 1 is 1.33 bits per heavy atom. The second-order valence-electron chi connectivity index (χ2n) is 3.40. The second kappa shape index (κ2) is 6.41. The van der Waals surface area contributed by atoms with Crippen molar-refractivity contribution in [2.24, 2.45) is 0 Å². The van der Waals surface area contributed by atoms with Gasteiger partial charge in [-0.05, 0) is 35.0 Å². The summed E-state index contributed by atoms with van der Waals surface area (Å²) in [6.45, 7) is 2.83. The van der Waals surface area contributed by atoms with Crippen molar-refractivity contribution in [2.75, 3.05) is 11.9 Å². The van der Waals surface area contributed by atoms with Gasteiger partial charge in [0.15, 0.2) is 0 Å². The highest BCUT2D eigenvalue weighted by molar-refractivity contribution is 9.10. The quantitative estimate of drug-likeness (QED) is 0.830. The molecule has 0 bridgehead atoms. The predicted molar refractivity (Wildman–Crippen MR) is 79.5 cm³/mol. The van der Waals surface area contributed by atoms with Crippen molar-refractivity contribution >= 4 is 45.1 Å². The van der Waals surface area contributed by atoms with E-state index >= 15 is 0 Å². The highest BCUT2D eigenvalue weighted by Gasteiger charge is 2.10. The van der Waals surface area contributed by atoms with Gasteiger partial charge in [0.25, 0.3) is 0 Å². The van der Waals surface area contributed by atoms with Gasteiger partial charge < -0.3 is 5.32 Å². The van der Waals surface area contributed by atoms with Crippen LogP contribution in [-0.2, 0) is 0 Å². The van der Waals surface area contributed by atoms with Crippen LogP contribution in [0.5, 0.6) is 0 Å². The van der Waals surface area contributed by atoms with Crippen molar-refractivity contribution < 1.29 is 0 Å². The van der Waals surface area contributed by atoms with Crippen LogP contribution in [0.4, 0.5) is 5.82 Å². The lowest BCUT2D eigenvalue weighted by atomic mass is 10.4. The zero-order valence-corrected chi connectivity index (χ0v) is 12.8. The molecule has 1 heterocycles. The molecule has 0 fully saturated rings. The number of hydrogen-bond donors (Lipinski definition) is 1. The maximum atomic E-state index is 6.13. The van der Waals surface area contributed by atoms with Gasteiger partial charge in [-0.1, -0.05) is 35.5 Å². The number of nitrogens with one attached hydrogen (secondary N) is 1. The van der Waals surface area contributed by atoms with E-state index in [0.717, 1.165) is 31.8 Å². The zero-order chi connectivity index (χ0) is 13.0. The van der Waals surface area contributed by atoms with Crippen LogP contribution in [0.2, 0.25) is 5.02 Å². The largest absolute Gasteiger partial charge is 0.369 e. The van der Waals surface area contributed by atoms with Gasteiger partial charge in [-0.25, -0.2) is 9.97 Å². The van der Waals surface area contributed by atoms with E-state index in [-0.39, 0.29) is 0 Å². The Kier molecular flexibility index (Phi) is 4.86. The minimum absolute atomic E-state index is 0.720. The first kappa shape index (κ1) is 13.6. The first-order chi connectivity index (χ1) is 8.72. The molecule has 0 unspecified atom stereocenters. The molecule has 0 spiro atoms. The van der Waals surface area contributed by atoms with Crippen LogP contribution in [0.1, 0.15) is 6.92 Å². The lowest BCUT2D eigenvalue weighted by molar-refractivity contribution is 1.01. The van der Waals surface area contributed by atoms with Crippen LogP contribution in [0, 0.1) is 0 Å². The normalized spacial score (nSPS) is 10.4. The highest BCUT2D eigenvalue weighted by Crippen LogP contribution is 2.37. The average Bonchev–Trinajstić information content (AvgIpc) is 2.37. The summed E-state index contributed by atoms with van der Waals surface area (Å²) in [5.74, 6) is 0.794. The Morgan fingerprint density at radius 2 is 2.11 bits per heavy atom. The van der Waals surface area contributed by atoms with Gasteiger partial charge >= 0.3 is 0 Å². The highest BCUT2D eigenvalue weighted by atomic mass is 79.9. The fraction of sp³-hybridized carbons (Fsp3) is 0.167. The lowest BCUT2D eigenvalue weighted by Crippen LogP contribution is -2.01. The van der Waals surface area contributed by atoms with Crippen molar-refractivity contribution in [3.63, 3.8) is 0 Å². The number of nitrogens with zero attached hydrogens (tertiary/aromatic N) is 2. The summed E-state index contributed by atoms with van der Waals surface area (Å²) in [5.41, 5.74) is 0. The first-order valence-electron chi connectivity index (χ1n) is 5.39. The minimum Gasteiger partial charge on any atom is -0.369 e. The van der Waals surface area contributed by atoms with Crippen LogP contribution in [0.15, 0.2) is 45.0 Å². The van der Waals surface area contributed by atoms with Gasteiger partial charge in [0, 0.05) is 11.4 Å². The number of aromatic nitrogens is 2. The third kappa shape index (κ3) is 3.16. The number of anilines is 1. The Hall–Kier alpha value is -0.780. The van der Waals surface area contributed by atoms with Gasteiger partial charge in [-0.15, -0.1) is 0 Å². The monoisotopic (exact) mass is 343 g/mol.